The molecule has 2 saturated heterocycles. The lowest BCUT2D eigenvalue weighted by Gasteiger charge is -2.27. The van der Waals surface area contributed by atoms with Crippen LogP contribution in [-0.4, -0.2) is 44.1 Å². The second kappa shape index (κ2) is 7.32. The van der Waals surface area contributed by atoms with Gasteiger partial charge >= 0.3 is 6.03 Å². The summed E-state index contributed by atoms with van der Waals surface area (Å²) in [5.41, 5.74) is 1.01. The van der Waals surface area contributed by atoms with Gasteiger partial charge in [-0.15, -0.1) is 0 Å². The predicted molar refractivity (Wildman–Crippen MR) is 102 cm³/mol. The van der Waals surface area contributed by atoms with E-state index in [0.29, 0.717) is 43.6 Å². The van der Waals surface area contributed by atoms with E-state index in [1.165, 1.54) is 6.08 Å². The average Bonchev–Trinajstić information content (AvgIpc) is 3.16. The molecular formula is C20H19N3O5. The SMILES string of the molecule is Cc1ccccc1N1C(=O)NC(=O)/C(=C\c2ccc(N3CCOCC3)o2)C1=O. The molecule has 4 amide bonds. The molecule has 0 aliphatic carbocycles. The Morgan fingerprint density at radius 1 is 1.04 bits per heavy atom. The van der Waals surface area contributed by atoms with E-state index in [9.17, 15) is 14.4 Å². The third-order valence-corrected chi connectivity index (χ3v) is 4.68. The van der Waals surface area contributed by atoms with Crippen molar-refractivity contribution in [2.45, 2.75) is 6.92 Å². The van der Waals surface area contributed by atoms with E-state index in [2.05, 4.69) is 5.32 Å². The number of benzene rings is 1. The molecule has 2 aromatic rings. The van der Waals surface area contributed by atoms with Gasteiger partial charge in [0.2, 0.25) is 0 Å². The number of imide groups is 2. The summed E-state index contributed by atoms with van der Waals surface area (Å²) in [6, 6.07) is 9.68. The number of nitrogens with zero attached hydrogens (tertiary/aromatic N) is 2. The van der Waals surface area contributed by atoms with Crippen LogP contribution < -0.4 is 15.1 Å². The molecule has 4 rings (SSSR count). The summed E-state index contributed by atoms with van der Waals surface area (Å²) in [6.07, 6.45) is 1.36. The zero-order valence-corrected chi connectivity index (χ0v) is 15.3. The summed E-state index contributed by atoms with van der Waals surface area (Å²) in [5.74, 6) is -0.429. The van der Waals surface area contributed by atoms with Gasteiger partial charge in [-0.3, -0.25) is 14.9 Å². The van der Waals surface area contributed by atoms with Crippen LogP contribution in [0.15, 0.2) is 46.4 Å². The van der Waals surface area contributed by atoms with Gasteiger partial charge in [-0.2, -0.15) is 0 Å². The molecule has 3 heterocycles. The second-order valence-electron chi connectivity index (χ2n) is 6.52. The number of carbonyl (C=O) groups excluding carboxylic acids is 3. The largest absolute Gasteiger partial charge is 0.441 e. The summed E-state index contributed by atoms with van der Waals surface area (Å²) >= 11 is 0. The molecule has 0 bridgehead atoms. The molecule has 8 heteroatoms. The van der Waals surface area contributed by atoms with Crippen LogP contribution in [-0.2, 0) is 14.3 Å². The Balaban J connectivity index is 1.64. The van der Waals surface area contributed by atoms with Crippen LogP contribution in [0.1, 0.15) is 11.3 Å². The smallest absolute Gasteiger partial charge is 0.335 e. The second-order valence-corrected chi connectivity index (χ2v) is 6.52. The number of hydrogen-bond donors (Lipinski definition) is 1. The molecule has 8 nitrogen and oxygen atoms in total. The number of furan rings is 1. The lowest BCUT2D eigenvalue weighted by atomic mass is 10.1. The third kappa shape index (κ3) is 3.29. The number of rotatable bonds is 3. The molecule has 2 aliphatic heterocycles. The highest BCUT2D eigenvalue weighted by molar-refractivity contribution is 6.39. The van der Waals surface area contributed by atoms with Crippen LogP contribution in [0.4, 0.5) is 16.4 Å². The van der Waals surface area contributed by atoms with Gasteiger partial charge in [0, 0.05) is 19.2 Å². The summed E-state index contributed by atoms with van der Waals surface area (Å²) in [5, 5.41) is 2.22. The number of aryl methyl sites for hydroxylation is 1. The van der Waals surface area contributed by atoms with Gasteiger partial charge in [-0.25, -0.2) is 9.69 Å². The van der Waals surface area contributed by atoms with Crippen LogP contribution in [0.5, 0.6) is 0 Å². The number of carbonyl (C=O) groups is 3. The third-order valence-electron chi connectivity index (χ3n) is 4.68. The number of morpholine rings is 1. The van der Waals surface area contributed by atoms with Crippen molar-refractivity contribution in [1.29, 1.82) is 0 Å². The van der Waals surface area contributed by atoms with Crippen molar-refractivity contribution in [2.24, 2.45) is 0 Å². The van der Waals surface area contributed by atoms with Crippen molar-refractivity contribution in [3.63, 3.8) is 0 Å². The summed E-state index contributed by atoms with van der Waals surface area (Å²) in [7, 11) is 0. The molecule has 1 aromatic carbocycles. The monoisotopic (exact) mass is 381 g/mol. The van der Waals surface area contributed by atoms with Crippen LogP contribution in [0.2, 0.25) is 0 Å². The highest BCUT2D eigenvalue weighted by atomic mass is 16.5. The Kier molecular flexibility index (Phi) is 4.70. The van der Waals surface area contributed by atoms with Gasteiger partial charge in [0.05, 0.1) is 18.9 Å². The van der Waals surface area contributed by atoms with Gasteiger partial charge in [0.15, 0.2) is 5.88 Å². The van der Waals surface area contributed by atoms with Crippen LogP contribution in [0.3, 0.4) is 0 Å². The molecular weight excluding hydrogens is 362 g/mol. The Hall–Kier alpha value is -3.39. The first-order chi connectivity index (χ1) is 13.5. The van der Waals surface area contributed by atoms with E-state index in [-0.39, 0.29) is 5.57 Å². The summed E-state index contributed by atoms with van der Waals surface area (Å²) in [4.78, 5) is 40.5. The maximum absolute atomic E-state index is 12.9. The van der Waals surface area contributed by atoms with Gasteiger partial charge in [-0.05, 0) is 30.7 Å². The van der Waals surface area contributed by atoms with Crippen LogP contribution in [0.25, 0.3) is 6.08 Å². The van der Waals surface area contributed by atoms with Crippen molar-refractivity contribution in [3.8, 4) is 0 Å². The molecule has 144 valence electrons. The van der Waals surface area contributed by atoms with E-state index >= 15 is 0 Å². The molecule has 1 N–H and O–H groups in total. The Morgan fingerprint density at radius 2 is 1.79 bits per heavy atom. The number of nitrogens with one attached hydrogen (secondary N) is 1. The maximum atomic E-state index is 12.9. The van der Waals surface area contributed by atoms with Gasteiger partial charge in [0.1, 0.15) is 11.3 Å². The molecule has 0 atom stereocenters. The van der Waals surface area contributed by atoms with Crippen molar-refractivity contribution < 1.29 is 23.5 Å². The highest BCUT2D eigenvalue weighted by Crippen LogP contribution is 2.26. The Bertz CT molecular complexity index is 972. The number of ether oxygens (including phenoxy) is 1. The minimum absolute atomic E-state index is 0.161. The van der Waals surface area contributed by atoms with Crippen molar-refractivity contribution in [1.82, 2.24) is 5.32 Å². The number of hydrogen-bond acceptors (Lipinski definition) is 6. The molecule has 28 heavy (non-hydrogen) atoms. The quantitative estimate of drug-likeness (QED) is 0.647. The summed E-state index contributed by atoms with van der Waals surface area (Å²) in [6.45, 7) is 4.44. The average molecular weight is 381 g/mol. The lowest BCUT2D eigenvalue weighted by Crippen LogP contribution is -2.54. The van der Waals surface area contributed by atoms with E-state index in [0.717, 1.165) is 10.5 Å². The fourth-order valence-electron chi connectivity index (χ4n) is 3.21. The minimum atomic E-state index is -0.769. The molecule has 0 unspecified atom stereocenters. The first kappa shape index (κ1) is 18.0. The number of barbiturate groups is 1. The van der Waals surface area contributed by atoms with Crippen molar-refractivity contribution >= 4 is 35.5 Å². The topological polar surface area (TPSA) is 92.1 Å². The maximum Gasteiger partial charge on any atom is 0.335 e. The zero-order valence-electron chi connectivity index (χ0n) is 15.3. The van der Waals surface area contributed by atoms with Crippen LogP contribution >= 0.6 is 0 Å². The molecule has 2 fully saturated rings. The van der Waals surface area contributed by atoms with Gasteiger partial charge < -0.3 is 14.1 Å². The summed E-state index contributed by atoms with van der Waals surface area (Å²) < 4.78 is 11.1. The molecule has 0 spiro atoms. The molecule has 2 aliphatic rings. The Morgan fingerprint density at radius 3 is 2.54 bits per heavy atom. The molecule has 0 saturated carbocycles. The van der Waals surface area contributed by atoms with Crippen molar-refractivity contribution in [2.75, 3.05) is 36.1 Å². The first-order valence-electron chi connectivity index (χ1n) is 8.94. The zero-order chi connectivity index (χ0) is 19.7. The van der Waals surface area contributed by atoms with E-state index < -0.39 is 17.8 Å². The fourth-order valence-corrected chi connectivity index (χ4v) is 3.21. The number of amides is 4. The normalized spacial score (nSPS) is 19.3. The fraction of sp³-hybridized carbons (Fsp3) is 0.250. The Labute approximate surface area is 161 Å². The highest BCUT2D eigenvalue weighted by Gasteiger charge is 2.37. The predicted octanol–water partition coefficient (Wildman–Crippen LogP) is 2.09. The van der Waals surface area contributed by atoms with E-state index in [1.54, 1.807) is 37.3 Å². The number of anilines is 2. The standard InChI is InChI=1S/C20H19N3O5/c1-13-4-2-3-5-16(13)23-19(25)15(18(24)21-20(23)26)12-14-6-7-17(28-14)22-8-10-27-11-9-22/h2-7,12H,8-11H2,1H3,(H,21,24,26)/b15-12+. The number of urea groups is 1. The van der Waals surface area contributed by atoms with Gasteiger partial charge in [0.25, 0.3) is 11.8 Å². The van der Waals surface area contributed by atoms with Crippen LogP contribution in [0, 0.1) is 6.92 Å². The lowest BCUT2D eigenvalue weighted by molar-refractivity contribution is -0.122. The van der Waals surface area contributed by atoms with E-state index in [1.807, 2.05) is 11.0 Å². The minimum Gasteiger partial charge on any atom is -0.441 e. The molecule has 1 aromatic heterocycles. The number of para-hydroxylation sites is 1. The van der Waals surface area contributed by atoms with Crippen molar-refractivity contribution in [3.05, 3.63) is 53.3 Å². The van der Waals surface area contributed by atoms with E-state index in [4.69, 9.17) is 9.15 Å². The first-order valence-corrected chi connectivity index (χ1v) is 8.94. The molecule has 0 radical (unpaired) electrons. The van der Waals surface area contributed by atoms with Gasteiger partial charge in [-0.1, -0.05) is 18.2 Å².